The zero-order valence-electron chi connectivity index (χ0n) is 12.0. The Hall–Kier alpha value is -1.40. The largest absolute Gasteiger partial charge is 0.373 e. The fraction of sp³-hybridized carbons (Fsp3) is 0.714. The standard InChI is InChI=1S/C14H23N5O/c1-2-15-14-16-6-5-13(18-14)17-8-12-9-19-7-3-4-11(19)10-20-12/h5-6,11-12H,2-4,7-10H2,1H3,(H2,15,16,17,18). The smallest absolute Gasteiger partial charge is 0.224 e. The summed E-state index contributed by atoms with van der Waals surface area (Å²) in [7, 11) is 0. The fourth-order valence-corrected chi connectivity index (χ4v) is 2.93. The van der Waals surface area contributed by atoms with E-state index >= 15 is 0 Å². The number of aromatic nitrogens is 2. The van der Waals surface area contributed by atoms with Crippen LogP contribution in [0.3, 0.4) is 0 Å². The summed E-state index contributed by atoms with van der Waals surface area (Å²) in [5, 5.41) is 6.46. The van der Waals surface area contributed by atoms with Crippen LogP contribution < -0.4 is 10.6 Å². The molecule has 2 fully saturated rings. The molecule has 1 aromatic rings. The highest BCUT2D eigenvalue weighted by Crippen LogP contribution is 2.22. The molecular formula is C14H23N5O. The van der Waals surface area contributed by atoms with Crippen molar-refractivity contribution in [2.75, 3.05) is 43.4 Å². The van der Waals surface area contributed by atoms with Gasteiger partial charge in [-0.05, 0) is 32.4 Å². The van der Waals surface area contributed by atoms with Crippen molar-refractivity contribution in [3.8, 4) is 0 Å². The van der Waals surface area contributed by atoms with Gasteiger partial charge in [0.1, 0.15) is 5.82 Å². The molecule has 2 aliphatic rings. The third-order valence-corrected chi connectivity index (χ3v) is 3.96. The van der Waals surface area contributed by atoms with Gasteiger partial charge in [-0.25, -0.2) is 4.98 Å². The highest BCUT2D eigenvalue weighted by atomic mass is 16.5. The number of hydrogen-bond acceptors (Lipinski definition) is 6. The van der Waals surface area contributed by atoms with Crippen LogP contribution in [0.1, 0.15) is 19.8 Å². The number of ether oxygens (including phenoxy) is 1. The lowest BCUT2D eigenvalue weighted by Gasteiger charge is -2.35. The van der Waals surface area contributed by atoms with Crippen LogP contribution in [0.25, 0.3) is 0 Å². The lowest BCUT2D eigenvalue weighted by atomic mass is 10.2. The van der Waals surface area contributed by atoms with Gasteiger partial charge < -0.3 is 15.4 Å². The lowest BCUT2D eigenvalue weighted by molar-refractivity contribution is -0.0416. The average molecular weight is 277 g/mol. The molecule has 6 nitrogen and oxygen atoms in total. The second kappa shape index (κ2) is 6.37. The Kier molecular flexibility index (Phi) is 4.32. The van der Waals surface area contributed by atoms with E-state index in [1.165, 1.54) is 19.4 Å². The molecule has 6 heteroatoms. The first-order valence-corrected chi connectivity index (χ1v) is 7.51. The Balaban J connectivity index is 1.50. The van der Waals surface area contributed by atoms with Crippen molar-refractivity contribution in [3.63, 3.8) is 0 Å². The molecule has 2 atom stereocenters. The van der Waals surface area contributed by atoms with E-state index in [1.807, 2.05) is 13.0 Å². The number of nitrogens with zero attached hydrogens (tertiary/aromatic N) is 3. The molecule has 0 aromatic carbocycles. The van der Waals surface area contributed by atoms with E-state index in [0.29, 0.717) is 12.0 Å². The monoisotopic (exact) mass is 277 g/mol. The van der Waals surface area contributed by atoms with Crippen molar-refractivity contribution in [3.05, 3.63) is 12.3 Å². The van der Waals surface area contributed by atoms with Crippen molar-refractivity contribution in [1.29, 1.82) is 0 Å². The number of anilines is 2. The Morgan fingerprint density at radius 1 is 1.45 bits per heavy atom. The number of rotatable bonds is 5. The van der Waals surface area contributed by atoms with Gasteiger partial charge in [0, 0.05) is 31.9 Å². The van der Waals surface area contributed by atoms with E-state index in [-0.39, 0.29) is 6.10 Å². The Labute approximate surface area is 119 Å². The molecule has 0 bridgehead atoms. The second-order valence-corrected chi connectivity index (χ2v) is 5.42. The summed E-state index contributed by atoms with van der Waals surface area (Å²) >= 11 is 0. The quantitative estimate of drug-likeness (QED) is 0.843. The summed E-state index contributed by atoms with van der Waals surface area (Å²) < 4.78 is 5.93. The van der Waals surface area contributed by atoms with Crippen molar-refractivity contribution in [1.82, 2.24) is 14.9 Å². The molecule has 0 spiro atoms. The third-order valence-electron chi connectivity index (χ3n) is 3.96. The average Bonchev–Trinajstić information content (AvgIpc) is 2.93. The van der Waals surface area contributed by atoms with Crippen molar-refractivity contribution in [2.45, 2.75) is 31.9 Å². The minimum Gasteiger partial charge on any atom is -0.373 e. The van der Waals surface area contributed by atoms with Crippen LogP contribution in [-0.2, 0) is 4.74 Å². The normalized spacial score (nSPS) is 26.2. The minimum atomic E-state index is 0.252. The topological polar surface area (TPSA) is 62.3 Å². The Bertz CT molecular complexity index is 441. The number of fused-ring (bicyclic) bond motifs is 1. The van der Waals surface area contributed by atoms with Gasteiger partial charge in [0.2, 0.25) is 5.95 Å². The van der Waals surface area contributed by atoms with Crippen LogP contribution in [0.15, 0.2) is 12.3 Å². The van der Waals surface area contributed by atoms with Crippen LogP contribution in [-0.4, -0.2) is 59.8 Å². The zero-order valence-corrected chi connectivity index (χ0v) is 12.0. The molecule has 110 valence electrons. The summed E-state index contributed by atoms with van der Waals surface area (Å²) in [5.41, 5.74) is 0. The van der Waals surface area contributed by atoms with Crippen LogP contribution in [0.2, 0.25) is 0 Å². The van der Waals surface area contributed by atoms with Gasteiger partial charge in [-0.1, -0.05) is 0 Å². The molecule has 3 rings (SSSR count). The molecule has 2 unspecified atom stereocenters. The zero-order chi connectivity index (χ0) is 13.8. The number of hydrogen-bond donors (Lipinski definition) is 2. The van der Waals surface area contributed by atoms with Gasteiger partial charge in [0.25, 0.3) is 0 Å². The summed E-state index contributed by atoms with van der Waals surface area (Å²) in [6.45, 7) is 6.79. The molecule has 3 heterocycles. The highest BCUT2D eigenvalue weighted by Gasteiger charge is 2.31. The van der Waals surface area contributed by atoms with Crippen molar-refractivity contribution < 1.29 is 4.74 Å². The van der Waals surface area contributed by atoms with Gasteiger partial charge in [0.05, 0.1) is 12.7 Å². The highest BCUT2D eigenvalue weighted by molar-refractivity contribution is 5.39. The van der Waals surface area contributed by atoms with Crippen molar-refractivity contribution in [2.24, 2.45) is 0 Å². The van der Waals surface area contributed by atoms with E-state index in [9.17, 15) is 0 Å². The van der Waals surface area contributed by atoms with E-state index < -0.39 is 0 Å². The van der Waals surface area contributed by atoms with Crippen LogP contribution in [0, 0.1) is 0 Å². The number of morpholine rings is 1. The summed E-state index contributed by atoms with van der Waals surface area (Å²) in [6.07, 6.45) is 4.62. The molecule has 2 aliphatic heterocycles. The molecule has 0 saturated carbocycles. The lowest BCUT2D eigenvalue weighted by Crippen LogP contribution is -2.48. The molecular weight excluding hydrogens is 254 g/mol. The molecule has 1 aromatic heterocycles. The summed E-state index contributed by atoms with van der Waals surface area (Å²) in [6, 6.07) is 2.55. The fourth-order valence-electron chi connectivity index (χ4n) is 2.93. The SMILES string of the molecule is CCNc1nccc(NCC2CN3CCCC3CO2)n1. The predicted octanol–water partition coefficient (Wildman–Crippen LogP) is 1.18. The van der Waals surface area contributed by atoms with Gasteiger partial charge in [-0.15, -0.1) is 0 Å². The number of nitrogens with one attached hydrogen (secondary N) is 2. The Morgan fingerprint density at radius 2 is 2.40 bits per heavy atom. The van der Waals surface area contributed by atoms with E-state index in [0.717, 1.165) is 32.1 Å². The second-order valence-electron chi connectivity index (χ2n) is 5.42. The molecule has 20 heavy (non-hydrogen) atoms. The summed E-state index contributed by atoms with van der Waals surface area (Å²) in [4.78, 5) is 11.1. The maximum atomic E-state index is 5.93. The third kappa shape index (κ3) is 3.19. The van der Waals surface area contributed by atoms with Crippen LogP contribution >= 0.6 is 0 Å². The van der Waals surface area contributed by atoms with E-state index in [2.05, 4.69) is 25.5 Å². The molecule has 0 amide bonds. The summed E-state index contributed by atoms with van der Waals surface area (Å²) in [5.74, 6) is 1.52. The van der Waals surface area contributed by atoms with Gasteiger partial charge in [-0.2, -0.15) is 4.98 Å². The first-order chi connectivity index (χ1) is 9.85. The van der Waals surface area contributed by atoms with Gasteiger partial charge in [0.15, 0.2) is 0 Å². The first-order valence-electron chi connectivity index (χ1n) is 7.51. The van der Waals surface area contributed by atoms with E-state index in [4.69, 9.17) is 4.74 Å². The minimum absolute atomic E-state index is 0.252. The maximum absolute atomic E-state index is 5.93. The molecule has 2 N–H and O–H groups in total. The molecule has 0 aliphatic carbocycles. The van der Waals surface area contributed by atoms with Crippen molar-refractivity contribution >= 4 is 11.8 Å². The van der Waals surface area contributed by atoms with Gasteiger partial charge in [-0.3, -0.25) is 4.90 Å². The first kappa shape index (κ1) is 13.6. The molecule has 0 radical (unpaired) electrons. The molecule has 2 saturated heterocycles. The van der Waals surface area contributed by atoms with Crippen LogP contribution in [0.5, 0.6) is 0 Å². The Morgan fingerprint density at radius 3 is 3.30 bits per heavy atom. The maximum Gasteiger partial charge on any atom is 0.224 e. The van der Waals surface area contributed by atoms with Gasteiger partial charge >= 0.3 is 0 Å². The van der Waals surface area contributed by atoms with E-state index in [1.54, 1.807) is 6.20 Å². The predicted molar refractivity (Wildman–Crippen MR) is 79.0 cm³/mol. The van der Waals surface area contributed by atoms with Crippen LogP contribution in [0.4, 0.5) is 11.8 Å².